The molecule has 0 fully saturated rings. The fourth-order valence-corrected chi connectivity index (χ4v) is 4.60. The molecule has 0 aliphatic carbocycles. The molecule has 0 unspecified atom stereocenters. The van der Waals surface area contributed by atoms with Crippen molar-refractivity contribution in [1.82, 2.24) is 15.0 Å². The van der Waals surface area contributed by atoms with E-state index in [-0.39, 0.29) is 22.6 Å². The lowest BCUT2D eigenvalue weighted by Crippen LogP contribution is -2.28. The fraction of sp³-hybridized carbons (Fsp3) is 0.304. The minimum atomic E-state index is -4.11. The molecule has 0 spiro atoms. The third-order valence-corrected chi connectivity index (χ3v) is 6.40. The van der Waals surface area contributed by atoms with E-state index in [1.165, 1.54) is 32.8 Å². The van der Waals surface area contributed by atoms with Crippen LogP contribution in [0.3, 0.4) is 0 Å². The lowest BCUT2D eigenvalue weighted by Gasteiger charge is -2.23. The van der Waals surface area contributed by atoms with Crippen LogP contribution in [0.4, 0.5) is 5.82 Å². The molecule has 1 aromatic carbocycles. The summed E-state index contributed by atoms with van der Waals surface area (Å²) in [6, 6.07) is 8.94. The zero-order valence-corrected chi connectivity index (χ0v) is 19.9. The number of hydrogen-bond acceptors (Lipinski definition) is 8. The van der Waals surface area contributed by atoms with E-state index in [0.717, 1.165) is 5.56 Å². The maximum absolute atomic E-state index is 13.4. The zero-order valence-electron chi connectivity index (χ0n) is 19.1. The normalized spacial score (nSPS) is 11.7. The second-order valence-electron chi connectivity index (χ2n) is 8.06. The summed E-state index contributed by atoms with van der Waals surface area (Å²) in [5.74, 6) is -0.325. The lowest BCUT2D eigenvalue weighted by molar-refractivity contribution is -0.150. The van der Waals surface area contributed by atoms with Crippen molar-refractivity contribution in [2.45, 2.75) is 32.1 Å². The van der Waals surface area contributed by atoms with Crippen LogP contribution in [0.5, 0.6) is 5.88 Å². The van der Waals surface area contributed by atoms with Gasteiger partial charge in [-0.3, -0.25) is 14.5 Å². The van der Waals surface area contributed by atoms with E-state index in [1.807, 2.05) is 24.3 Å². The number of pyridine rings is 1. The first-order valence-corrected chi connectivity index (χ1v) is 11.6. The zero-order chi connectivity index (χ0) is 24.2. The number of hydrogen-bond donors (Lipinski definition) is 1. The molecule has 3 rings (SSSR count). The Morgan fingerprint density at radius 1 is 1.09 bits per heavy atom. The third kappa shape index (κ3) is 5.28. The number of benzene rings is 1. The molecule has 174 valence electrons. The Morgan fingerprint density at radius 2 is 1.82 bits per heavy atom. The number of aromatic nitrogens is 3. The molecule has 0 aliphatic heterocycles. The number of methoxy groups -OCH3 is 2. The third-order valence-electron chi connectivity index (χ3n) is 5.04. The van der Waals surface area contributed by atoms with Gasteiger partial charge in [-0.15, -0.1) is 0 Å². The summed E-state index contributed by atoms with van der Waals surface area (Å²) in [5, 5.41) is 0. The summed E-state index contributed by atoms with van der Waals surface area (Å²) in [7, 11) is -1.38. The van der Waals surface area contributed by atoms with E-state index in [2.05, 4.69) is 19.7 Å². The first kappa shape index (κ1) is 24.1. The molecule has 0 aliphatic rings. The van der Waals surface area contributed by atoms with E-state index >= 15 is 0 Å². The van der Waals surface area contributed by atoms with Crippen LogP contribution >= 0.6 is 0 Å². The minimum absolute atomic E-state index is 0.0296. The van der Waals surface area contributed by atoms with Crippen LogP contribution in [0.25, 0.3) is 11.1 Å². The van der Waals surface area contributed by atoms with E-state index in [0.29, 0.717) is 23.2 Å². The monoisotopic (exact) mass is 470 g/mol. The van der Waals surface area contributed by atoms with E-state index in [1.54, 1.807) is 26.8 Å². The quantitative estimate of drug-likeness (QED) is 0.497. The molecule has 1 N–H and O–H groups in total. The fourth-order valence-electron chi connectivity index (χ4n) is 3.43. The molecule has 0 bridgehead atoms. The van der Waals surface area contributed by atoms with Crippen molar-refractivity contribution in [3.63, 3.8) is 0 Å². The number of sulfonamides is 1. The molecule has 0 atom stereocenters. The SMILES string of the molecule is COC(=O)C(C)(C)Cc1ccccc1-c1ccncc1S(=O)(=O)Nc1ncc(C)nc1OC. The summed E-state index contributed by atoms with van der Waals surface area (Å²) in [6.45, 7) is 5.28. The van der Waals surface area contributed by atoms with E-state index in [4.69, 9.17) is 9.47 Å². The number of nitrogens with zero attached hydrogens (tertiary/aromatic N) is 3. The Kier molecular flexibility index (Phi) is 6.97. The molecule has 9 nitrogen and oxygen atoms in total. The average Bonchev–Trinajstić information content (AvgIpc) is 2.79. The van der Waals surface area contributed by atoms with Crippen molar-refractivity contribution in [2.24, 2.45) is 5.41 Å². The number of esters is 1. The highest BCUT2D eigenvalue weighted by atomic mass is 32.2. The summed E-state index contributed by atoms with van der Waals surface area (Å²) in [5.41, 5.74) is 1.68. The summed E-state index contributed by atoms with van der Waals surface area (Å²) < 4.78 is 39.2. The molecule has 10 heteroatoms. The number of rotatable bonds is 8. The smallest absolute Gasteiger partial charge is 0.311 e. The highest BCUT2D eigenvalue weighted by Crippen LogP contribution is 2.34. The van der Waals surface area contributed by atoms with Gasteiger partial charge in [-0.25, -0.2) is 18.4 Å². The van der Waals surface area contributed by atoms with E-state index < -0.39 is 15.4 Å². The Morgan fingerprint density at radius 3 is 2.52 bits per heavy atom. The van der Waals surface area contributed by atoms with Crippen LogP contribution in [0.2, 0.25) is 0 Å². The Bertz CT molecular complexity index is 1280. The molecule has 0 saturated carbocycles. The predicted molar refractivity (Wildman–Crippen MR) is 123 cm³/mol. The molecule has 2 aromatic heterocycles. The van der Waals surface area contributed by atoms with Crippen LogP contribution < -0.4 is 9.46 Å². The topological polar surface area (TPSA) is 120 Å². The minimum Gasteiger partial charge on any atom is -0.478 e. The summed E-state index contributed by atoms with van der Waals surface area (Å²) in [4.78, 5) is 24.5. The van der Waals surface area contributed by atoms with Crippen molar-refractivity contribution in [3.05, 3.63) is 60.2 Å². The molecule has 2 heterocycles. The summed E-state index contributed by atoms with van der Waals surface area (Å²) >= 11 is 0. The highest BCUT2D eigenvalue weighted by Gasteiger charge is 2.31. The van der Waals surface area contributed by atoms with Crippen LogP contribution in [-0.4, -0.2) is 43.6 Å². The van der Waals surface area contributed by atoms with Gasteiger partial charge in [-0.05, 0) is 44.4 Å². The molecule has 0 amide bonds. The van der Waals surface area contributed by atoms with Gasteiger partial charge >= 0.3 is 5.97 Å². The second-order valence-corrected chi connectivity index (χ2v) is 9.71. The first-order valence-electron chi connectivity index (χ1n) is 10.1. The number of ether oxygens (including phenoxy) is 2. The maximum Gasteiger partial charge on any atom is 0.311 e. The number of carbonyl (C=O) groups is 1. The van der Waals surface area contributed by atoms with Gasteiger partial charge in [-0.2, -0.15) is 0 Å². The predicted octanol–water partition coefficient (Wildman–Crippen LogP) is 3.40. The lowest BCUT2D eigenvalue weighted by atomic mass is 9.83. The number of nitrogens with one attached hydrogen (secondary N) is 1. The van der Waals surface area contributed by atoms with Gasteiger partial charge in [0.2, 0.25) is 5.82 Å². The number of anilines is 1. The van der Waals surface area contributed by atoms with Crippen LogP contribution in [0, 0.1) is 12.3 Å². The molecular weight excluding hydrogens is 444 g/mol. The van der Waals surface area contributed by atoms with Gasteiger partial charge < -0.3 is 9.47 Å². The molecule has 33 heavy (non-hydrogen) atoms. The second kappa shape index (κ2) is 9.53. The van der Waals surface area contributed by atoms with Gasteiger partial charge in [-0.1, -0.05) is 24.3 Å². The number of carbonyl (C=O) groups excluding carboxylic acids is 1. The van der Waals surface area contributed by atoms with Gasteiger partial charge in [0.1, 0.15) is 4.90 Å². The van der Waals surface area contributed by atoms with Crippen molar-refractivity contribution >= 4 is 21.8 Å². The molecule has 3 aromatic rings. The summed E-state index contributed by atoms with van der Waals surface area (Å²) in [6.07, 6.45) is 4.58. The van der Waals surface area contributed by atoms with Gasteiger partial charge in [0.25, 0.3) is 15.9 Å². The van der Waals surface area contributed by atoms with Crippen molar-refractivity contribution in [1.29, 1.82) is 0 Å². The van der Waals surface area contributed by atoms with Crippen molar-refractivity contribution in [2.75, 3.05) is 18.9 Å². The molecule has 0 radical (unpaired) electrons. The van der Waals surface area contributed by atoms with Crippen LogP contribution in [0.1, 0.15) is 25.1 Å². The first-order chi connectivity index (χ1) is 15.6. The highest BCUT2D eigenvalue weighted by molar-refractivity contribution is 7.92. The Labute approximate surface area is 193 Å². The largest absolute Gasteiger partial charge is 0.478 e. The Hall–Kier alpha value is -3.53. The van der Waals surface area contributed by atoms with Crippen molar-refractivity contribution in [3.8, 4) is 17.0 Å². The van der Waals surface area contributed by atoms with Gasteiger partial charge in [0, 0.05) is 18.0 Å². The van der Waals surface area contributed by atoms with Crippen LogP contribution in [0.15, 0.2) is 53.8 Å². The number of aryl methyl sites for hydroxylation is 1. The average molecular weight is 471 g/mol. The Balaban J connectivity index is 2.07. The standard InChI is InChI=1S/C23H26N4O5S/c1-15-13-25-20(21(26-15)31-4)27-33(29,30)19-14-24-11-10-18(19)17-9-7-6-8-16(17)12-23(2,3)22(28)32-5/h6-11,13-14H,12H2,1-5H3,(H,25,27). The molecular formula is C23H26N4O5S. The van der Waals surface area contributed by atoms with Gasteiger partial charge in [0.05, 0.1) is 31.5 Å². The van der Waals surface area contributed by atoms with Gasteiger partial charge in [0.15, 0.2) is 0 Å². The van der Waals surface area contributed by atoms with Crippen LogP contribution in [-0.2, 0) is 26.0 Å². The maximum atomic E-state index is 13.4. The van der Waals surface area contributed by atoms with Crippen molar-refractivity contribution < 1.29 is 22.7 Å². The molecule has 0 saturated heterocycles. The van der Waals surface area contributed by atoms with E-state index in [9.17, 15) is 13.2 Å².